The summed E-state index contributed by atoms with van der Waals surface area (Å²) in [5.41, 5.74) is 2.42. The third-order valence-corrected chi connectivity index (χ3v) is 12.3. The summed E-state index contributed by atoms with van der Waals surface area (Å²) in [7, 11) is 3.28. The largest absolute Gasteiger partial charge is 0.478 e. The number of amides is 3. The Kier molecular flexibility index (Phi) is 11.8. The summed E-state index contributed by atoms with van der Waals surface area (Å²) in [4.78, 5) is 70.3. The van der Waals surface area contributed by atoms with Gasteiger partial charge in [0.25, 0.3) is 11.5 Å². The first-order chi connectivity index (χ1) is 29.3. The average Bonchev–Trinajstić information content (AvgIpc) is 3.56. The fourth-order valence-corrected chi connectivity index (χ4v) is 8.94. The van der Waals surface area contributed by atoms with Crippen molar-refractivity contribution in [1.29, 1.82) is 0 Å². The van der Waals surface area contributed by atoms with Gasteiger partial charge in [-0.05, 0) is 62.8 Å². The lowest BCUT2D eigenvalue weighted by Gasteiger charge is -2.42. The van der Waals surface area contributed by atoms with Crippen LogP contribution in [0, 0.1) is 17.7 Å². The smallest absolute Gasteiger partial charge is 0.294 e. The summed E-state index contributed by atoms with van der Waals surface area (Å²) >= 11 is 6.61. The number of anilines is 4. The number of nitrogens with zero attached hydrogens (tertiary/aromatic N) is 9. The van der Waals surface area contributed by atoms with Gasteiger partial charge in [0.2, 0.25) is 17.8 Å². The highest BCUT2D eigenvalue weighted by Gasteiger charge is 2.34. The van der Waals surface area contributed by atoms with Crippen LogP contribution in [-0.2, 0) is 21.4 Å². The maximum atomic E-state index is 15.6. The molecule has 4 aromatic heterocycles. The predicted octanol–water partition coefficient (Wildman–Crippen LogP) is 4.12. The minimum atomic E-state index is -0.559. The molecule has 3 atom stereocenters. The monoisotopic (exact) mass is 856 g/mol. The van der Waals surface area contributed by atoms with Crippen molar-refractivity contribution in [1.82, 2.24) is 44.8 Å². The molecular formula is C42H50ClFN12O5. The fraction of sp³-hybridized carbons (Fsp3) is 0.476. The number of rotatable bonds is 11. The number of hydrogen-bond acceptors (Lipinski definition) is 13. The van der Waals surface area contributed by atoms with Gasteiger partial charge in [-0.3, -0.25) is 38.6 Å². The second kappa shape index (κ2) is 17.2. The number of carbonyl (C=O) groups excluding carboxylic acids is 3. The maximum absolute atomic E-state index is 15.6. The van der Waals surface area contributed by atoms with Crippen LogP contribution in [0.15, 0.2) is 41.5 Å². The zero-order valence-corrected chi connectivity index (χ0v) is 35.6. The molecule has 1 aromatic carbocycles. The highest BCUT2D eigenvalue weighted by molar-refractivity contribution is 6.33. The minimum Gasteiger partial charge on any atom is -0.478 e. The van der Waals surface area contributed by atoms with Crippen molar-refractivity contribution in [3.05, 3.63) is 63.5 Å². The number of pyridine rings is 2. The molecule has 0 saturated carbocycles. The third-order valence-electron chi connectivity index (χ3n) is 12.1. The van der Waals surface area contributed by atoms with E-state index in [1.54, 1.807) is 36.3 Å². The van der Waals surface area contributed by atoms with E-state index in [1.807, 2.05) is 19.9 Å². The molecular weight excluding hydrogens is 807 g/mol. The SMILES string of the molecule is CNC(=O)COc1cc2cc(Nc3nc(N4CC[C@@H](CN5CCN(c6c(F)ccc7c(C8CCC(=O)NC8=O)nn(C)c67)CC5)[C@@H](C)C4)ncc3Cl)cnc2n(C(C)C)c1=O. The number of piperidine rings is 2. The Hall–Kier alpha value is -5.88. The number of hydrogen-bond donors (Lipinski definition) is 3. The number of aryl methyl sites for hydroxylation is 1. The minimum absolute atomic E-state index is 0.0448. The summed E-state index contributed by atoms with van der Waals surface area (Å²) in [6.07, 6.45) is 4.77. The normalized spacial score (nSPS) is 20.1. The number of imide groups is 1. The Bertz CT molecular complexity index is 2570. The van der Waals surface area contributed by atoms with Crippen molar-refractivity contribution in [3.63, 3.8) is 0 Å². The Morgan fingerprint density at radius 3 is 2.56 bits per heavy atom. The van der Waals surface area contributed by atoms with Crippen LogP contribution in [0.25, 0.3) is 21.9 Å². The van der Waals surface area contributed by atoms with Crippen LogP contribution in [0.3, 0.4) is 0 Å². The van der Waals surface area contributed by atoms with Gasteiger partial charge in [-0.25, -0.2) is 14.4 Å². The zero-order valence-electron chi connectivity index (χ0n) is 34.9. The predicted molar refractivity (Wildman–Crippen MR) is 230 cm³/mol. The van der Waals surface area contributed by atoms with E-state index < -0.39 is 5.92 Å². The first kappa shape index (κ1) is 41.8. The highest BCUT2D eigenvalue weighted by Crippen LogP contribution is 2.37. The van der Waals surface area contributed by atoms with Gasteiger partial charge in [0.05, 0.1) is 40.9 Å². The third kappa shape index (κ3) is 8.42. The van der Waals surface area contributed by atoms with Crippen molar-refractivity contribution in [2.24, 2.45) is 18.9 Å². The van der Waals surface area contributed by atoms with Crippen LogP contribution in [0.5, 0.6) is 5.75 Å². The molecule has 61 heavy (non-hydrogen) atoms. The van der Waals surface area contributed by atoms with E-state index in [1.165, 1.54) is 17.7 Å². The van der Waals surface area contributed by atoms with Crippen molar-refractivity contribution >= 4 is 74.4 Å². The lowest BCUT2D eigenvalue weighted by molar-refractivity contribution is -0.134. The summed E-state index contributed by atoms with van der Waals surface area (Å²) in [5, 5.41) is 14.6. The average molecular weight is 857 g/mol. The van der Waals surface area contributed by atoms with Crippen molar-refractivity contribution in [3.8, 4) is 5.75 Å². The molecule has 3 fully saturated rings. The quantitative estimate of drug-likeness (QED) is 0.162. The molecule has 0 aliphatic carbocycles. The lowest BCUT2D eigenvalue weighted by Crippen LogP contribution is -2.50. The van der Waals surface area contributed by atoms with E-state index in [-0.39, 0.29) is 53.9 Å². The van der Waals surface area contributed by atoms with Crippen LogP contribution >= 0.6 is 11.6 Å². The number of piperazine rings is 1. The molecule has 0 spiro atoms. The first-order valence-electron chi connectivity index (χ1n) is 20.7. The number of carbonyl (C=O) groups is 3. The van der Waals surface area contributed by atoms with Crippen LogP contribution in [0.1, 0.15) is 57.7 Å². The molecule has 3 saturated heterocycles. The van der Waals surface area contributed by atoms with Gasteiger partial charge in [-0.1, -0.05) is 18.5 Å². The number of fused-ring (bicyclic) bond motifs is 2. The number of likely N-dealkylation sites (N-methyl/N-ethyl adjacent to an activating group) is 1. The molecule has 0 radical (unpaired) electrons. The zero-order chi connectivity index (χ0) is 43.1. The van der Waals surface area contributed by atoms with E-state index >= 15 is 4.39 Å². The molecule has 3 aliphatic heterocycles. The van der Waals surface area contributed by atoms with Gasteiger partial charge in [0.15, 0.2) is 18.2 Å². The summed E-state index contributed by atoms with van der Waals surface area (Å²) < 4.78 is 24.4. The Labute approximate surface area is 356 Å². The van der Waals surface area contributed by atoms with Gasteiger partial charge in [0, 0.05) is 83.1 Å². The van der Waals surface area contributed by atoms with Gasteiger partial charge in [0.1, 0.15) is 16.5 Å². The molecule has 19 heteroatoms. The van der Waals surface area contributed by atoms with Crippen LogP contribution in [0.2, 0.25) is 5.02 Å². The molecule has 7 heterocycles. The van der Waals surface area contributed by atoms with Crippen LogP contribution in [-0.4, -0.2) is 111 Å². The molecule has 0 bridgehead atoms. The summed E-state index contributed by atoms with van der Waals surface area (Å²) in [6, 6.07) is 6.35. The molecule has 3 amide bonds. The van der Waals surface area contributed by atoms with Crippen molar-refractivity contribution in [2.45, 2.75) is 52.0 Å². The molecule has 5 aromatic rings. The van der Waals surface area contributed by atoms with Gasteiger partial charge in [-0.2, -0.15) is 10.1 Å². The van der Waals surface area contributed by atoms with Crippen LogP contribution in [0.4, 0.5) is 27.5 Å². The molecule has 3 N–H and O–H groups in total. The maximum Gasteiger partial charge on any atom is 0.294 e. The van der Waals surface area contributed by atoms with Gasteiger partial charge < -0.3 is 25.2 Å². The number of aromatic nitrogens is 6. The summed E-state index contributed by atoms with van der Waals surface area (Å²) in [5.74, 6) is -0.0774. The highest BCUT2D eigenvalue weighted by atomic mass is 35.5. The molecule has 322 valence electrons. The molecule has 8 rings (SSSR count). The topological polar surface area (TPSA) is 185 Å². The Morgan fingerprint density at radius 1 is 1.05 bits per heavy atom. The van der Waals surface area contributed by atoms with Crippen molar-refractivity contribution in [2.75, 3.05) is 74.6 Å². The second-order valence-electron chi connectivity index (χ2n) is 16.4. The first-order valence-corrected chi connectivity index (χ1v) is 21.1. The van der Waals surface area contributed by atoms with E-state index in [4.69, 9.17) is 21.3 Å². The standard InChI is InChI=1S/C42H50ClFN12O5/c1-23(2)56-39-26(17-32(41(56)60)61-22-34(58)45-4)16-27(18-46-39)48-38-30(43)19-47-42(50-38)55-11-10-25(24(3)20-55)21-53-12-14-54(15-13-53)37-31(44)8-6-28-35(51-52(5)36(28)37)29-7-9-33(57)49-40(29)59/h6,8,16-19,23-25,29H,7,9-15,20-22H2,1-5H3,(H,45,58)(H,47,48,50)(H,49,57,59)/t24-,25-,29?/m0/s1. The van der Waals surface area contributed by atoms with Gasteiger partial charge >= 0.3 is 0 Å². The number of benzene rings is 1. The second-order valence-corrected chi connectivity index (χ2v) is 16.8. The van der Waals surface area contributed by atoms with E-state index in [0.717, 1.165) is 44.5 Å². The summed E-state index contributed by atoms with van der Waals surface area (Å²) in [6.45, 7) is 11.0. The Balaban J connectivity index is 0.904. The van der Waals surface area contributed by atoms with Crippen molar-refractivity contribution < 1.29 is 23.5 Å². The molecule has 17 nitrogen and oxygen atoms in total. The lowest BCUT2D eigenvalue weighted by atomic mass is 9.86. The van der Waals surface area contributed by atoms with Gasteiger partial charge in [-0.15, -0.1) is 0 Å². The molecule has 3 aliphatic rings. The van der Waals surface area contributed by atoms with E-state index in [0.29, 0.717) is 81.8 Å². The Morgan fingerprint density at radius 2 is 1.84 bits per heavy atom. The molecule has 1 unspecified atom stereocenters. The number of halogens is 2. The fourth-order valence-electron chi connectivity index (χ4n) is 8.80. The van der Waals surface area contributed by atoms with E-state index in [2.05, 4.69) is 52.6 Å². The van der Waals surface area contributed by atoms with Crippen LogP contribution < -0.4 is 36.0 Å². The number of nitrogens with one attached hydrogen (secondary N) is 3. The van der Waals surface area contributed by atoms with E-state index in [9.17, 15) is 19.2 Å². The number of ether oxygens (including phenoxy) is 1.